The molecule has 0 heterocycles. The average Bonchev–Trinajstić information content (AvgIpc) is 2.53. The van der Waals surface area contributed by atoms with Crippen molar-refractivity contribution in [2.75, 3.05) is 4.72 Å². The van der Waals surface area contributed by atoms with Gasteiger partial charge < -0.3 is 5.32 Å². The number of hydrogen-bond acceptors (Lipinski definition) is 3. The SMILES string of the molecule is CC(C)c1ccc(NS(=O)(=O)c2ccc(C(=O)NC(C)(C)C)cc2)cc1. The molecule has 2 rings (SSSR count). The molecule has 5 nitrogen and oxygen atoms in total. The topological polar surface area (TPSA) is 75.3 Å². The highest BCUT2D eigenvalue weighted by molar-refractivity contribution is 7.92. The molecule has 2 N–H and O–H groups in total. The van der Waals surface area contributed by atoms with Gasteiger partial charge in [-0.05, 0) is 68.7 Å². The Morgan fingerprint density at radius 3 is 1.92 bits per heavy atom. The van der Waals surface area contributed by atoms with Crippen molar-refractivity contribution >= 4 is 21.6 Å². The number of rotatable bonds is 5. The van der Waals surface area contributed by atoms with Crippen LogP contribution in [0.15, 0.2) is 53.4 Å². The Kier molecular flexibility index (Phi) is 5.76. The summed E-state index contributed by atoms with van der Waals surface area (Å²) in [5, 5.41) is 2.84. The third kappa shape index (κ3) is 5.33. The van der Waals surface area contributed by atoms with Gasteiger partial charge in [-0.1, -0.05) is 26.0 Å². The van der Waals surface area contributed by atoms with Crippen molar-refractivity contribution in [1.29, 1.82) is 0 Å². The van der Waals surface area contributed by atoms with Crippen molar-refractivity contribution < 1.29 is 13.2 Å². The van der Waals surface area contributed by atoms with E-state index in [0.29, 0.717) is 17.2 Å². The first-order chi connectivity index (χ1) is 12.0. The fourth-order valence-corrected chi connectivity index (χ4v) is 3.41. The predicted octanol–water partition coefficient (Wildman–Crippen LogP) is 4.14. The summed E-state index contributed by atoms with van der Waals surface area (Å²) in [6.45, 7) is 9.82. The standard InChI is InChI=1S/C20H26N2O3S/c1-14(2)15-6-10-17(11-7-15)22-26(24,25)18-12-8-16(9-13-18)19(23)21-20(3,4)5/h6-14,22H,1-5H3,(H,21,23). The lowest BCUT2D eigenvalue weighted by atomic mass is 10.0. The van der Waals surface area contributed by atoms with E-state index in [1.165, 1.54) is 24.3 Å². The molecular formula is C20H26N2O3S. The molecule has 0 aliphatic heterocycles. The van der Waals surface area contributed by atoms with Crippen LogP contribution in [0.4, 0.5) is 5.69 Å². The first-order valence-electron chi connectivity index (χ1n) is 8.53. The lowest BCUT2D eigenvalue weighted by Gasteiger charge is -2.20. The summed E-state index contributed by atoms with van der Waals surface area (Å²) in [5.74, 6) is 0.145. The maximum atomic E-state index is 12.5. The molecule has 2 aromatic rings. The lowest BCUT2D eigenvalue weighted by Crippen LogP contribution is -2.40. The van der Waals surface area contributed by atoms with Gasteiger partial charge in [-0.15, -0.1) is 0 Å². The van der Waals surface area contributed by atoms with Crippen LogP contribution in [0.2, 0.25) is 0 Å². The number of nitrogens with one attached hydrogen (secondary N) is 2. The van der Waals surface area contributed by atoms with Crippen LogP contribution in [0.25, 0.3) is 0 Å². The van der Waals surface area contributed by atoms with Gasteiger partial charge in [-0.25, -0.2) is 8.42 Å². The summed E-state index contributed by atoms with van der Waals surface area (Å²) >= 11 is 0. The lowest BCUT2D eigenvalue weighted by molar-refractivity contribution is 0.0919. The largest absolute Gasteiger partial charge is 0.347 e. The zero-order valence-electron chi connectivity index (χ0n) is 15.8. The fourth-order valence-electron chi connectivity index (χ4n) is 2.35. The molecule has 0 aliphatic carbocycles. The molecule has 0 fully saturated rings. The molecule has 2 aromatic carbocycles. The van der Waals surface area contributed by atoms with Crippen molar-refractivity contribution in [3.8, 4) is 0 Å². The van der Waals surface area contributed by atoms with Crippen LogP contribution < -0.4 is 10.0 Å². The first kappa shape index (κ1) is 20.0. The van der Waals surface area contributed by atoms with Crippen LogP contribution in [0.5, 0.6) is 0 Å². The van der Waals surface area contributed by atoms with Crippen LogP contribution >= 0.6 is 0 Å². The minimum absolute atomic E-state index is 0.109. The van der Waals surface area contributed by atoms with E-state index in [4.69, 9.17) is 0 Å². The molecule has 0 saturated heterocycles. The van der Waals surface area contributed by atoms with Crippen molar-refractivity contribution in [1.82, 2.24) is 5.32 Å². The quantitative estimate of drug-likeness (QED) is 0.826. The van der Waals surface area contributed by atoms with E-state index in [9.17, 15) is 13.2 Å². The second-order valence-electron chi connectivity index (χ2n) is 7.61. The monoisotopic (exact) mass is 374 g/mol. The molecule has 0 aromatic heterocycles. The van der Waals surface area contributed by atoms with Crippen LogP contribution in [-0.2, 0) is 10.0 Å². The van der Waals surface area contributed by atoms with Gasteiger partial charge in [0.1, 0.15) is 0 Å². The number of amides is 1. The number of anilines is 1. The highest BCUT2D eigenvalue weighted by Crippen LogP contribution is 2.20. The highest BCUT2D eigenvalue weighted by Gasteiger charge is 2.18. The van der Waals surface area contributed by atoms with Gasteiger partial charge in [0.25, 0.3) is 15.9 Å². The summed E-state index contributed by atoms with van der Waals surface area (Å²) in [6, 6.07) is 13.2. The Hall–Kier alpha value is -2.34. The van der Waals surface area contributed by atoms with Crippen molar-refractivity contribution in [2.45, 2.75) is 51.0 Å². The van der Waals surface area contributed by atoms with Crippen molar-refractivity contribution in [2.24, 2.45) is 0 Å². The normalized spacial score (nSPS) is 12.1. The fraction of sp³-hybridized carbons (Fsp3) is 0.350. The molecule has 0 spiro atoms. The Labute approximate surface area is 155 Å². The molecule has 0 bridgehead atoms. The van der Waals surface area contributed by atoms with E-state index >= 15 is 0 Å². The molecule has 0 radical (unpaired) electrons. The summed E-state index contributed by atoms with van der Waals surface area (Å²) in [4.78, 5) is 12.2. The molecule has 0 saturated carbocycles. The minimum Gasteiger partial charge on any atom is -0.347 e. The number of hydrogen-bond donors (Lipinski definition) is 2. The number of carbonyl (C=O) groups is 1. The van der Waals surface area contributed by atoms with Gasteiger partial charge in [0.05, 0.1) is 4.90 Å². The zero-order chi connectivity index (χ0) is 19.5. The third-order valence-electron chi connectivity index (χ3n) is 3.74. The van der Waals surface area contributed by atoms with E-state index in [-0.39, 0.29) is 16.3 Å². The third-order valence-corrected chi connectivity index (χ3v) is 5.14. The Morgan fingerprint density at radius 2 is 1.46 bits per heavy atom. The van der Waals surface area contributed by atoms with Crippen LogP contribution in [-0.4, -0.2) is 19.9 Å². The molecule has 0 aliphatic rings. The Bertz CT molecular complexity index is 863. The summed E-state index contributed by atoms with van der Waals surface area (Å²) in [5.41, 5.74) is 1.71. The Morgan fingerprint density at radius 1 is 0.923 bits per heavy atom. The molecule has 0 atom stereocenters. The van der Waals surface area contributed by atoms with E-state index in [1.54, 1.807) is 12.1 Å². The smallest absolute Gasteiger partial charge is 0.261 e. The summed E-state index contributed by atoms with van der Waals surface area (Å²) in [7, 11) is -3.71. The van der Waals surface area contributed by atoms with Gasteiger partial charge >= 0.3 is 0 Å². The van der Waals surface area contributed by atoms with Gasteiger partial charge in [0.15, 0.2) is 0 Å². The Balaban J connectivity index is 2.15. The van der Waals surface area contributed by atoms with E-state index < -0.39 is 10.0 Å². The van der Waals surface area contributed by atoms with Gasteiger partial charge in [-0.3, -0.25) is 9.52 Å². The van der Waals surface area contributed by atoms with E-state index in [0.717, 1.165) is 5.56 Å². The number of carbonyl (C=O) groups excluding carboxylic acids is 1. The predicted molar refractivity (Wildman–Crippen MR) is 105 cm³/mol. The molecule has 1 amide bonds. The van der Waals surface area contributed by atoms with Gasteiger partial charge in [0, 0.05) is 16.8 Å². The molecular weight excluding hydrogens is 348 g/mol. The van der Waals surface area contributed by atoms with Crippen molar-refractivity contribution in [3.63, 3.8) is 0 Å². The second-order valence-corrected chi connectivity index (χ2v) is 9.29. The van der Waals surface area contributed by atoms with Gasteiger partial charge in [0.2, 0.25) is 0 Å². The zero-order valence-corrected chi connectivity index (χ0v) is 16.6. The first-order valence-corrected chi connectivity index (χ1v) is 10.0. The molecule has 26 heavy (non-hydrogen) atoms. The molecule has 6 heteroatoms. The average molecular weight is 375 g/mol. The van der Waals surface area contributed by atoms with Crippen LogP contribution in [0.3, 0.4) is 0 Å². The number of sulfonamides is 1. The molecule has 140 valence electrons. The van der Waals surface area contributed by atoms with E-state index in [1.807, 2.05) is 32.9 Å². The van der Waals surface area contributed by atoms with Gasteiger partial charge in [-0.2, -0.15) is 0 Å². The summed E-state index contributed by atoms with van der Waals surface area (Å²) < 4.78 is 27.6. The summed E-state index contributed by atoms with van der Waals surface area (Å²) in [6.07, 6.45) is 0. The van der Waals surface area contributed by atoms with E-state index in [2.05, 4.69) is 23.9 Å². The molecule has 0 unspecified atom stereocenters. The van der Waals surface area contributed by atoms with Crippen molar-refractivity contribution in [3.05, 3.63) is 59.7 Å². The minimum atomic E-state index is -3.71. The second kappa shape index (κ2) is 7.50. The maximum absolute atomic E-state index is 12.5. The number of benzene rings is 2. The highest BCUT2D eigenvalue weighted by atomic mass is 32.2. The maximum Gasteiger partial charge on any atom is 0.261 e. The van der Waals surface area contributed by atoms with Crippen LogP contribution in [0.1, 0.15) is 56.5 Å². The van der Waals surface area contributed by atoms with Crippen LogP contribution in [0, 0.1) is 0 Å².